The van der Waals surface area contributed by atoms with Crippen LogP contribution in [0.4, 0.5) is 10.5 Å². The van der Waals surface area contributed by atoms with Gasteiger partial charge >= 0.3 is 6.03 Å². The van der Waals surface area contributed by atoms with E-state index in [0.717, 1.165) is 24.3 Å². The first-order chi connectivity index (χ1) is 16.1. The van der Waals surface area contributed by atoms with Crippen molar-refractivity contribution in [3.05, 3.63) is 65.5 Å². The number of aryl methyl sites for hydroxylation is 1. The number of carbonyl (C=O) groups excluding carboxylic acids is 2. The molecule has 2 saturated heterocycles. The first-order valence-corrected chi connectivity index (χ1v) is 11.1. The van der Waals surface area contributed by atoms with E-state index >= 15 is 0 Å². The molecule has 3 aromatic rings. The zero-order chi connectivity index (χ0) is 22.8. The lowest BCUT2D eigenvalue weighted by Crippen LogP contribution is -2.48. The minimum Gasteiger partial charge on any atom is -0.338 e. The number of urea groups is 1. The third-order valence-electron chi connectivity index (χ3n) is 6.08. The number of hydrogen-bond acceptors (Lipinski definition) is 6. The van der Waals surface area contributed by atoms with Gasteiger partial charge in [-0.15, -0.1) is 0 Å². The van der Waals surface area contributed by atoms with Gasteiger partial charge in [-0.2, -0.15) is 4.98 Å². The quantitative estimate of drug-likeness (QED) is 0.647. The third kappa shape index (κ3) is 4.58. The van der Waals surface area contributed by atoms with E-state index < -0.39 is 0 Å². The monoisotopic (exact) mass is 446 g/mol. The van der Waals surface area contributed by atoms with Crippen molar-refractivity contribution in [1.82, 2.24) is 25.3 Å². The summed E-state index contributed by atoms with van der Waals surface area (Å²) in [6, 6.07) is 15.2. The van der Waals surface area contributed by atoms with Crippen LogP contribution in [0.15, 0.2) is 53.1 Å². The molecule has 2 aliphatic rings. The number of rotatable bonds is 5. The van der Waals surface area contributed by atoms with Gasteiger partial charge in [0.1, 0.15) is 0 Å². The molecule has 1 aromatic heterocycles. The van der Waals surface area contributed by atoms with Gasteiger partial charge in [-0.3, -0.25) is 14.6 Å². The SMILES string of the molecule is Cc1ccc(-c2noc(CN3CCN(C(=O)c4ccc(N5CCNC5=O)cc4)CC3)n2)cc1. The fourth-order valence-corrected chi connectivity index (χ4v) is 4.12. The minimum atomic E-state index is -0.0996. The van der Waals surface area contributed by atoms with E-state index in [1.54, 1.807) is 17.0 Å². The first-order valence-electron chi connectivity index (χ1n) is 11.1. The Kier molecular flexibility index (Phi) is 5.78. The van der Waals surface area contributed by atoms with Crippen LogP contribution >= 0.6 is 0 Å². The summed E-state index contributed by atoms with van der Waals surface area (Å²) < 4.78 is 5.44. The van der Waals surface area contributed by atoms with Gasteiger partial charge in [0.25, 0.3) is 5.91 Å². The average molecular weight is 447 g/mol. The van der Waals surface area contributed by atoms with Crippen LogP contribution in [0, 0.1) is 6.92 Å². The van der Waals surface area contributed by atoms with E-state index in [9.17, 15) is 9.59 Å². The summed E-state index contributed by atoms with van der Waals surface area (Å²) in [4.78, 5) is 35.0. The number of nitrogens with zero attached hydrogens (tertiary/aromatic N) is 5. The van der Waals surface area contributed by atoms with Crippen molar-refractivity contribution < 1.29 is 14.1 Å². The summed E-state index contributed by atoms with van der Waals surface area (Å²) in [5.41, 5.74) is 3.55. The lowest BCUT2D eigenvalue weighted by molar-refractivity contribution is 0.0615. The Morgan fingerprint density at radius 1 is 1.00 bits per heavy atom. The van der Waals surface area contributed by atoms with Gasteiger partial charge in [0, 0.05) is 56.1 Å². The van der Waals surface area contributed by atoms with E-state index in [1.165, 1.54) is 5.56 Å². The van der Waals surface area contributed by atoms with Crippen LogP contribution in [0.2, 0.25) is 0 Å². The van der Waals surface area contributed by atoms with Crippen molar-refractivity contribution >= 4 is 17.6 Å². The summed E-state index contributed by atoms with van der Waals surface area (Å²) in [5.74, 6) is 1.17. The maximum Gasteiger partial charge on any atom is 0.321 e. The number of piperazine rings is 1. The summed E-state index contributed by atoms with van der Waals surface area (Å²) in [6.07, 6.45) is 0. The predicted octanol–water partition coefficient (Wildman–Crippen LogP) is 2.53. The first kappa shape index (κ1) is 21.1. The van der Waals surface area contributed by atoms with Crippen LogP contribution in [-0.2, 0) is 6.54 Å². The molecule has 3 amide bonds. The van der Waals surface area contributed by atoms with Gasteiger partial charge in [0.2, 0.25) is 11.7 Å². The Bertz CT molecular complexity index is 1130. The molecule has 2 aromatic carbocycles. The molecule has 2 fully saturated rings. The second-order valence-corrected chi connectivity index (χ2v) is 8.38. The largest absolute Gasteiger partial charge is 0.338 e. The highest BCUT2D eigenvalue weighted by molar-refractivity contribution is 5.97. The lowest BCUT2D eigenvalue weighted by Gasteiger charge is -2.34. The van der Waals surface area contributed by atoms with Gasteiger partial charge in [-0.05, 0) is 31.2 Å². The number of anilines is 1. The van der Waals surface area contributed by atoms with Gasteiger partial charge in [-0.25, -0.2) is 4.79 Å². The molecule has 2 aliphatic heterocycles. The molecule has 0 bridgehead atoms. The fraction of sp³-hybridized carbons (Fsp3) is 0.333. The molecular formula is C24H26N6O3. The summed E-state index contributed by atoms with van der Waals surface area (Å²) in [6.45, 7) is 6.62. The second kappa shape index (κ2) is 9.03. The molecule has 5 rings (SSSR count). The number of hydrogen-bond donors (Lipinski definition) is 1. The number of amides is 3. The molecule has 0 aliphatic carbocycles. The van der Waals surface area contributed by atoms with Crippen LogP contribution in [0.3, 0.4) is 0 Å². The fourth-order valence-electron chi connectivity index (χ4n) is 4.12. The van der Waals surface area contributed by atoms with E-state index in [4.69, 9.17) is 4.52 Å². The Morgan fingerprint density at radius 2 is 1.73 bits per heavy atom. The number of aromatic nitrogens is 2. The molecule has 170 valence electrons. The van der Waals surface area contributed by atoms with Crippen LogP contribution in [0.5, 0.6) is 0 Å². The molecule has 0 saturated carbocycles. The van der Waals surface area contributed by atoms with Crippen LogP contribution in [0.1, 0.15) is 21.8 Å². The predicted molar refractivity (Wildman–Crippen MR) is 123 cm³/mol. The highest BCUT2D eigenvalue weighted by Gasteiger charge is 2.25. The van der Waals surface area contributed by atoms with E-state index in [1.807, 2.05) is 48.2 Å². The van der Waals surface area contributed by atoms with Crippen molar-refractivity contribution in [2.75, 3.05) is 44.2 Å². The Balaban J connectivity index is 1.14. The zero-order valence-electron chi connectivity index (χ0n) is 18.5. The van der Waals surface area contributed by atoms with E-state index in [2.05, 4.69) is 20.4 Å². The van der Waals surface area contributed by atoms with Gasteiger partial charge in [0.05, 0.1) is 6.54 Å². The molecule has 0 radical (unpaired) electrons. The van der Waals surface area contributed by atoms with Crippen LogP contribution in [-0.4, -0.2) is 71.1 Å². The molecule has 3 heterocycles. The van der Waals surface area contributed by atoms with Crippen LogP contribution < -0.4 is 10.2 Å². The molecule has 0 atom stereocenters. The molecule has 0 spiro atoms. The van der Waals surface area contributed by atoms with Crippen molar-refractivity contribution in [2.24, 2.45) is 0 Å². The Hall–Kier alpha value is -3.72. The topological polar surface area (TPSA) is 94.8 Å². The Morgan fingerprint density at radius 3 is 2.39 bits per heavy atom. The van der Waals surface area contributed by atoms with Crippen molar-refractivity contribution in [2.45, 2.75) is 13.5 Å². The van der Waals surface area contributed by atoms with Gasteiger partial charge in [-0.1, -0.05) is 35.0 Å². The molecule has 0 unspecified atom stereocenters. The highest BCUT2D eigenvalue weighted by atomic mass is 16.5. The summed E-state index contributed by atoms with van der Waals surface area (Å²) in [5, 5.41) is 6.88. The van der Waals surface area contributed by atoms with E-state index in [0.29, 0.717) is 50.0 Å². The number of nitrogens with one attached hydrogen (secondary N) is 1. The molecule has 9 heteroatoms. The maximum absolute atomic E-state index is 12.9. The summed E-state index contributed by atoms with van der Waals surface area (Å²) in [7, 11) is 0. The van der Waals surface area contributed by atoms with Crippen molar-refractivity contribution in [3.8, 4) is 11.4 Å². The standard InChI is InChI=1S/C24H26N6O3/c1-17-2-4-18(5-3-17)22-26-21(33-27-22)16-28-12-14-29(15-13-28)23(31)19-6-8-20(9-7-19)30-11-10-25-24(30)32/h2-9H,10-16H2,1H3,(H,25,32). The minimum absolute atomic E-state index is 0.00604. The average Bonchev–Trinajstić information content (AvgIpc) is 3.49. The second-order valence-electron chi connectivity index (χ2n) is 8.38. The molecule has 9 nitrogen and oxygen atoms in total. The lowest BCUT2D eigenvalue weighted by atomic mass is 10.1. The molecule has 1 N–H and O–H groups in total. The third-order valence-corrected chi connectivity index (χ3v) is 6.08. The Labute approximate surface area is 192 Å². The van der Waals surface area contributed by atoms with E-state index in [-0.39, 0.29) is 11.9 Å². The normalized spacial score (nSPS) is 16.8. The van der Waals surface area contributed by atoms with Crippen molar-refractivity contribution in [1.29, 1.82) is 0 Å². The van der Waals surface area contributed by atoms with Gasteiger partial charge in [0.15, 0.2) is 0 Å². The smallest absolute Gasteiger partial charge is 0.321 e. The zero-order valence-corrected chi connectivity index (χ0v) is 18.5. The maximum atomic E-state index is 12.9. The summed E-state index contributed by atoms with van der Waals surface area (Å²) >= 11 is 0. The van der Waals surface area contributed by atoms with Crippen LogP contribution in [0.25, 0.3) is 11.4 Å². The van der Waals surface area contributed by atoms with Crippen molar-refractivity contribution in [3.63, 3.8) is 0 Å². The highest BCUT2D eigenvalue weighted by Crippen LogP contribution is 2.20. The molecule has 33 heavy (non-hydrogen) atoms. The molecular weight excluding hydrogens is 420 g/mol. The number of benzene rings is 2. The number of carbonyl (C=O) groups is 2. The van der Waals surface area contributed by atoms with Gasteiger partial charge < -0.3 is 14.7 Å².